The largest absolute Gasteiger partial charge is 0.491 e. The monoisotopic (exact) mass is 290 g/mol. The SMILES string of the molecule is O=C(O)c1cccc(COCCOc2ccccc2)c1F. The van der Waals surface area contributed by atoms with Crippen molar-refractivity contribution in [1.82, 2.24) is 0 Å². The van der Waals surface area contributed by atoms with E-state index >= 15 is 0 Å². The van der Waals surface area contributed by atoms with Gasteiger partial charge in [-0.05, 0) is 18.2 Å². The lowest BCUT2D eigenvalue weighted by Gasteiger charge is -2.08. The van der Waals surface area contributed by atoms with Gasteiger partial charge in [0.2, 0.25) is 0 Å². The lowest BCUT2D eigenvalue weighted by molar-refractivity contribution is 0.0688. The zero-order chi connectivity index (χ0) is 15.1. The van der Waals surface area contributed by atoms with Crippen LogP contribution >= 0.6 is 0 Å². The Morgan fingerprint density at radius 2 is 1.81 bits per heavy atom. The zero-order valence-electron chi connectivity index (χ0n) is 11.3. The molecule has 1 N–H and O–H groups in total. The van der Waals surface area contributed by atoms with Crippen molar-refractivity contribution >= 4 is 5.97 Å². The number of para-hydroxylation sites is 1. The van der Waals surface area contributed by atoms with Gasteiger partial charge in [-0.25, -0.2) is 9.18 Å². The fraction of sp³-hybridized carbons (Fsp3) is 0.188. The second kappa shape index (κ2) is 7.40. The fourth-order valence-electron chi connectivity index (χ4n) is 1.77. The molecule has 5 heteroatoms. The second-order valence-corrected chi connectivity index (χ2v) is 4.30. The van der Waals surface area contributed by atoms with Crippen LogP contribution in [0.15, 0.2) is 48.5 Å². The number of aromatic carboxylic acids is 1. The summed E-state index contributed by atoms with van der Waals surface area (Å²) in [4.78, 5) is 10.8. The van der Waals surface area contributed by atoms with Crippen molar-refractivity contribution in [2.45, 2.75) is 6.61 Å². The predicted octanol–water partition coefficient (Wildman–Crippen LogP) is 3.12. The van der Waals surface area contributed by atoms with Crippen LogP contribution in [0.1, 0.15) is 15.9 Å². The Bertz CT molecular complexity index is 598. The highest BCUT2D eigenvalue weighted by atomic mass is 19.1. The molecule has 0 heterocycles. The molecule has 0 atom stereocenters. The Balaban J connectivity index is 1.79. The molecular weight excluding hydrogens is 275 g/mol. The molecule has 21 heavy (non-hydrogen) atoms. The number of carboxylic acid groups (broad SMARTS) is 1. The van der Waals surface area contributed by atoms with Crippen molar-refractivity contribution in [1.29, 1.82) is 0 Å². The molecule has 0 amide bonds. The fourth-order valence-corrected chi connectivity index (χ4v) is 1.77. The van der Waals surface area contributed by atoms with Crippen molar-refractivity contribution in [3.8, 4) is 5.75 Å². The molecule has 110 valence electrons. The van der Waals surface area contributed by atoms with Gasteiger partial charge in [0.15, 0.2) is 0 Å². The van der Waals surface area contributed by atoms with Gasteiger partial charge in [0.25, 0.3) is 0 Å². The van der Waals surface area contributed by atoms with Crippen LogP contribution in [0.4, 0.5) is 4.39 Å². The van der Waals surface area contributed by atoms with E-state index in [-0.39, 0.29) is 24.3 Å². The topological polar surface area (TPSA) is 55.8 Å². The van der Waals surface area contributed by atoms with Crippen molar-refractivity contribution in [3.63, 3.8) is 0 Å². The van der Waals surface area contributed by atoms with Crippen LogP contribution in [0.2, 0.25) is 0 Å². The lowest BCUT2D eigenvalue weighted by Crippen LogP contribution is -2.09. The van der Waals surface area contributed by atoms with Crippen LogP contribution in [-0.2, 0) is 11.3 Å². The normalized spacial score (nSPS) is 10.3. The van der Waals surface area contributed by atoms with Crippen LogP contribution in [0.3, 0.4) is 0 Å². The Kier molecular flexibility index (Phi) is 5.29. The minimum Gasteiger partial charge on any atom is -0.491 e. The van der Waals surface area contributed by atoms with Crippen molar-refractivity contribution in [3.05, 3.63) is 65.5 Å². The molecule has 0 saturated carbocycles. The van der Waals surface area contributed by atoms with E-state index in [9.17, 15) is 9.18 Å². The maximum Gasteiger partial charge on any atom is 0.338 e. The van der Waals surface area contributed by atoms with E-state index < -0.39 is 11.8 Å². The number of halogens is 1. The van der Waals surface area contributed by atoms with E-state index in [4.69, 9.17) is 14.6 Å². The van der Waals surface area contributed by atoms with E-state index in [1.54, 1.807) is 0 Å². The van der Waals surface area contributed by atoms with Crippen LogP contribution < -0.4 is 4.74 Å². The molecule has 0 radical (unpaired) electrons. The molecule has 0 aliphatic heterocycles. The Morgan fingerprint density at radius 3 is 2.52 bits per heavy atom. The molecule has 0 aliphatic rings. The summed E-state index contributed by atoms with van der Waals surface area (Å²) in [5, 5.41) is 8.82. The van der Waals surface area contributed by atoms with Crippen molar-refractivity contribution in [2.24, 2.45) is 0 Å². The molecule has 2 aromatic carbocycles. The predicted molar refractivity (Wildman–Crippen MR) is 75.0 cm³/mol. The molecule has 2 rings (SSSR count). The van der Waals surface area contributed by atoms with Gasteiger partial charge in [0, 0.05) is 5.56 Å². The third-order valence-electron chi connectivity index (χ3n) is 2.81. The zero-order valence-corrected chi connectivity index (χ0v) is 11.3. The van der Waals surface area contributed by atoms with E-state index in [0.717, 1.165) is 5.75 Å². The van der Waals surface area contributed by atoms with Crippen molar-refractivity contribution < 1.29 is 23.8 Å². The molecule has 0 aromatic heterocycles. The molecule has 0 saturated heterocycles. The first-order valence-corrected chi connectivity index (χ1v) is 6.45. The van der Waals surface area contributed by atoms with E-state index in [0.29, 0.717) is 6.61 Å². The van der Waals surface area contributed by atoms with Gasteiger partial charge in [-0.15, -0.1) is 0 Å². The number of hydrogen-bond donors (Lipinski definition) is 1. The summed E-state index contributed by atoms with van der Waals surface area (Å²) >= 11 is 0. The van der Waals surface area contributed by atoms with Crippen LogP contribution in [0, 0.1) is 5.82 Å². The van der Waals surface area contributed by atoms with Gasteiger partial charge < -0.3 is 14.6 Å². The smallest absolute Gasteiger partial charge is 0.338 e. The van der Waals surface area contributed by atoms with Gasteiger partial charge >= 0.3 is 5.97 Å². The summed E-state index contributed by atoms with van der Waals surface area (Å²) in [6.07, 6.45) is 0. The number of ether oxygens (including phenoxy) is 2. The first kappa shape index (κ1) is 15.0. The Morgan fingerprint density at radius 1 is 1.05 bits per heavy atom. The molecule has 4 nitrogen and oxygen atoms in total. The number of rotatable bonds is 7. The van der Waals surface area contributed by atoms with Gasteiger partial charge in [0.1, 0.15) is 18.2 Å². The standard InChI is InChI=1S/C16H15FO4/c17-15-12(5-4-8-14(15)16(18)19)11-20-9-10-21-13-6-2-1-3-7-13/h1-8H,9-11H2,(H,18,19). The second-order valence-electron chi connectivity index (χ2n) is 4.30. The summed E-state index contributed by atoms with van der Waals surface area (Å²) in [5.74, 6) is -1.31. The van der Waals surface area contributed by atoms with E-state index in [1.807, 2.05) is 30.3 Å². The Labute approximate surface area is 121 Å². The lowest BCUT2D eigenvalue weighted by atomic mass is 10.1. The minimum absolute atomic E-state index is 0.00506. The number of hydrogen-bond acceptors (Lipinski definition) is 3. The first-order chi connectivity index (χ1) is 10.2. The number of carboxylic acids is 1. The van der Waals surface area contributed by atoms with E-state index in [2.05, 4.69) is 0 Å². The Hall–Kier alpha value is -2.40. The highest BCUT2D eigenvalue weighted by Crippen LogP contribution is 2.14. The summed E-state index contributed by atoms with van der Waals surface area (Å²) in [7, 11) is 0. The van der Waals surface area contributed by atoms with Crippen LogP contribution in [0.25, 0.3) is 0 Å². The summed E-state index contributed by atoms with van der Waals surface area (Å²) in [6, 6.07) is 13.5. The molecule has 0 spiro atoms. The average molecular weight is 290 g/mol. The first-order valence-electron chi connectivity index (χ1n) is 6.45. The van der Waals surface area contributed by atoms with Gasteiger partial charge in [0.05, 0.1) is 18.8 Å². The summed E-state index contributed by atoms with van der Waals surface area (Å²) in [5.41, 5.74) is -0.133. The molecular formula is C16H15FO4. The van der Waals surface area contributed by atoms with Gasteiger partial charge in [-0.2, -0.15) is 0 Å². The van der Waals surface area contributed by atoms with Crippen LogP contribution in [0.5, 0.6) is 5.75 Å². The van der Waals surface area contributed by atoms with Crippen molar-refractivity contribution in [2.75, 3.05) is 13.2 Å². The molecule has 2 aromatic rings. The molecule has 0 unspecified atom stereocenters. The minimum atomic E-state index is -1.29. The maximum atomic E-state index is 13.8. The highest BCUT2D eigenvalue weighted by molar-refractivity contribution is 5.88. The van der Waals surface area contributed by atoms with Crippen LogP contribution in [-0.4, -0.2) is 24.3 Å². The molecule has 0 aliphatic carbocycles. The van der Waals surface area contributed by atoms with Gasteiger partial charge in [-0.1, -0.05) is 30.3 Å². The quantitative estimate of drug-likeness (QED) is 0.796. The number of benzene rings is 2. The molecule has 0 fully saturated rings. The average Bonchev–Trinajstić information content (AvgIpc) is 2.49. The third-order valence-corrected chi connectivity index (χ3v) is 2.81. The third kappa shape index (κ3) is 4.29. The maximum absolute atomic E-state index is 13.8. The summed E-state index contributed by atoms with van der Waals surface area (Å²) < 4.78 is 24.5. The number of carbonyl (C=O) groups is 1. The highest BCUT2D eigenvalue weighted by Gasteiger charge is 2.13. The summed E-state index contributed by atoms with van der Waals surface area (Å²) in [6.45, 7) is 0.626. The van der Waals surface area contributed by atoms with Gasteiger partial charge in [-0.3, -0.25) is 0 Å². The molecule has 0 bridgehead atoms. The van der Waals surface area contributed by atoms with E-state index in [1.165, 1.54) is 18.2 Å².